The van der Waals surface area contributed by atoms with Crippen molar-refractivity contribution in [1.29, 1.82) is 0 Å². The van der Waals surface area contributed by atoms with Crippen molar-refractivity contribution in [1.82, 2.24) is 35.3 Å². The molecular formula is C28H39N7O5S. The van der Waals surface area contributed by atoms with Crippen molar-refractivity contribution in [2.45, 2.75) is 101 Å². The molecule has 1 aliphatic carbocycles. The van der Waals surface area contributed by atoms with E-state index in [2.05, 4.69) is 25.7 Å². The molecule has 1 spiro atoms. The monoisotopic (exact) mass is 585 g/mol. The highest BCUT2D eigenvalue weighted by molar-refractivity contribution is 8.03. The molecule has 4 aliphatic heterocycles. The first kappa shape index (κ1) is 28.3. The van der Waals surface area contributed by atoms with Crippen LogP contribution in [0.5, 0.6) is 0 Å². The van der Waals surface area contributed by atoms with Gasteiger partial charge in [-0.1, -0.05) is 33.1 Å². The number of aromatic nitrogens is 4. The predicted molar refractivity (Wildman–Crippen MR) is 149 cm³/mol. The molecule has 5 heterocycles. The molecule has 2 amide bonds. The molecule has 1 saturated carbocycles. The number of ketones is 1. The Hall–Kier alpha value is -2.80. The van der Waals surface area contributed by atoms with Crippen LogP contribution in [-0.2, 0) is 25.7 Å². The fraction of sp³-hybridized carbons (Fsp3) is 0.750. The first-order valence-corrected chi connectivity index (χ1v) is 15.8. The van der Waals surface area contributed by atoms with Crippen LogP contribution in [0.4, 0.5) is 0 Å². The molecule has 6 atom stereocenters. The van der Waals surface area contributed by atoms with E-state index in [0.717, 1.165) is 32.2 Å². The molecule has 0 aromatic carbocycles. The number of hydrogen-bond acceptors (Lipinski definition) is 9. The van der Waals surface area contributed by atoms with Crippen LogP contribution in [0, 0.1) is 17.8 Å². The number of nitrogens with one attached hydrogen (secondary N) is 1. The molecule has 5 aliphatic rings. The molecule has 13 heteroatoms. The van der Waals surface area contributed by atoms with Gasteiger partial charge < -0.3 is 20.2 Å². The molecule has 12 nitrogen and oxygen atoms in total. The van der Waals surface area contributed by atoms with Gasteiger partial charge in [-0.05, 0) is 48.4 Å². The van der Waals surface area contributed by atoms with Gasteiger partial charge in [0.1, 0.15) is 18.6 Å². The lowest BCUT2D eigenvalue weighted by Gasteiger charge is -2.47. The van der Waals surface area contributed by atoms with E-state index < -0.39 is 11.9 Å². The second-order valence-corrected chi connectivity index (χ2v) is 13.9. The minimum atomic E-state index is -1.11. The zero-order valence-corrected chi connectivity index (χ0v) is 24.5. The van der Waals surface area contributed by atoms with Crippen LogP contribution >= 0.6 is 11.8 Å². The number of thioether (sulfide) groups is 1. The van der Waals surface area contributed by atoms with Gasteiger partial charge in [-0.3, -0.25) is 14.4 Å². The quantitative estimate of drug-likeness (QED) is 0.411. The fourth-order valence-corrected chi connectivity index (χ4v) is 9.59. The molecule has 2 unspecified atom stereocenters. The Morgan fingerprint density at radius 1 is 1.20 bits per heavy atom. The second kappa shape index (κ2) is 11.1. The standard InChI is InChI=1S/C28H39N7O5S/c1-16(11-18(36)14-33-15-30-31-32-33)21-22-17(2)24(23(27(39)40)35(22)26(21)38)41-19-12-20(29-13-19)25(37)34-10-6-9-28(34)7-4-3-5-8-28/h15-17,19-22,29H,3-14H2,1-2H3,(H,39,40)/t16?,17?,19-,20-,21+,22+/m0/s1. The summed E-state index contributed by atoms with van der Waals surface area (Å²) in [5.74, 6) is -2.05. The molecule has 222 valence electrons. The predicted octanol–water partition coefficient (Wildman–Crippen LogP) is 1.83. The fourth-order valence-electron chi connectivity index (χ4n) is 8.11. The average Bonchev–Trinajstić information content (AvgIpc) is 3.73. The van der Waals surface area contributed by atoms with Crippen LogP contribution in [0.2, 0.25) is 0 Å². The number of β-lactam (4-membered cyclic amide) rings is 1. The molecule has 0 radical (unpaired) electrons. The van der Waals surface area contributed by atoms with Crippen molar-refractivity contribution in [2.24, 2.45) is 17.8 Å². The number of rotatable bonds is 9. The Morgan fingerprint density at radius 2 is 1.95 bits per heavy atom. The minimum absolute atomic E-state index is 0.0350. The zero-order valence-electron chi connectivity index (χ0n) is 23.7. The van der Waals surface area contributed by atoms with Gasteiger partial charge in [0.15, 0.2) is 5.78 Å². The number of carbonyl (C=O) groups is 4. The molecule has 3 saturated heterocycles. The van der Waals surface area contributed by atoms with Gasteiger partial charge in [-0.2, -0.15) is 0 Å². The molecule has 1 aromatic rings. The lowest BCUT2D eigenvalue weighted by Crippen LogP contribution is -2.62. The summed E-state index contributed by atoms with van der Waals surface area (Å²) in [5.41, 5.74) is 0.101. The number of likely N-dealkylation sites (tertiary alicyclic amines) is 1. The third-order valence-corrected chi connectivity index (χ3v) is 11.5. The molecule has 2 N–H and O–H groups in total. The van der Waals surface area contributed by atoms with E-state index in [1.807, 2.05) is 13.8 Å². The van der Waals surface area contributed by atoms with Gasteiger partial charge >= 0.3 is 5.97 Å². The Kier molecular flexibility index (Phi) is 7.68. The maximum atomic E-state index is 13.7. The smallest absolute Gasteiger partial charge is 0.353 e. The Morgan fingerprint density at radius 3 is 2.66 bits per heavy atom. The van der Waals surface area contributed by atoms with Crippen molar-refractivity contribution in [2.75, 3.05) is 13.1 Å². The number of amides is 2. The number of carboxylic acids is 1. The number of fused-ring (bicyclic) bond motifs is 1. The number of hydrogen-bond donors (Lipinski definition) is 2. The summed E-state index contributed by atoms with van der Waals surface area (Å²) in [6, 6.07) is -0.540. The van der Waals surface area contributed by atoms with E-state index in [0.29, 0.717) is 17.9 Å². The molecule has 41 heavy (non-hydrogen) atoms. The van der Waals surface area contributed by atoms with Crippen molar-refractivity contribution >= 4 is 35.3 Å². The molecule has 0 bridgehead atoms. The maximum absolute atomic E-state index is 13.7. The molecular weight excluding hydrogens is 546 g/mol. The van der Waals surface area contributed by atoms with Crippen LogP contribution in [0.1, 0.15) is 71.6 Å². The normalized spacial score (nSPS) is 31.5. The number of carbonyl (C=O) groups excluding carboxylic acids is 3. The highest BCUT2D eigenvalue weighted by Gasteiger charge is 2.60. The highest BCUT2D eigenvalue weighted by atomic mass is 32.2. The zero-order chi connectivity index (χ0) is 28.9. The van der Waals surface area contributed by atoms with Crippen LogP contribution < -0.4 is 5.32 Å². The Bertz CT molecular complexity index is 1250. The largest absolute Gasteiger partial charge is 0.477 e. The third kappa shape index (κ3) is 4.98. The summed E-state index contributed by atoms with van der Waals surface area (Å²) in [4.78, 5) is 56.2. The number of tetrazole rings is 1. The lowest BCUT2D eigenvalue weighted by molar-refractivity contribution is -0.160. The van der Waals surface area contributed by atoms with E-state index >= 15 is 0 Å². The molecule has 6 rings (SSSR count). The minimum Gasteiger partial charge on any atom is -0.477 e. The van der Waals surface area contributed by atoms with E-state index in [9.17, 15) is 24.3 Å². The number of Topliss-reactive ketones (excluding diaryl/α,β-unsaturated/α-hetero) is 1. The summed E-state index contributed by atoms with van der Waals surface area (Å²) in [5, 5.41) is 24.4. The van der Waals surface area contributed by atoms with Crippen molar-refractivity contribution in [3.63, 3.8) is 0 Å². The van der Waals surface area contributed by atoms with Crippen molar-refractivity contribution in [3.05, 3.63) is 16.9 Å². The topological polar surface area (TPSA) is 151 Å². The van der Waals surface area contributed by atoms with Crippen LogP contribution in [0.15, 0.2) is 16.9 Å². The van der Waals surface area contributed by atoms with E-state index in [4.69, 9.17) is 0 Å². The van der Waals surface area contributed by atoms with E-state index in [-0.39, 0.29) is 71.0 Å². The Labute approximate surface area is 243 Å². The van der Waals surface area contributed by atoms with Gasteiger partial charge in [0.2, 0.25) is 11.8 Å². The summed E-state index contributed by atoms with van der Waals surface area (Å²) in [6.07, 6.45) is 10.2. The van der Waals surface area contributed by atoms with Gasteiger partial charge in [0, 0.05) is 41.1 Å². The lowest BCUT2D eigenvalue weighted by atomic mass is 9.73. The van der Waals surface area contributed by atoms with Gasteiger partial charge in [0.05, 0.1) is 18.0 Å². The second-order valence-electron chi connectivity index (χ2n) is 12.6. The summed E-state index contributed by atoms with van der Waals surface area (Å²) >= 11 is 1.51. The average molecular weight is 586 g/mol. The SMILES string of the molecule is CC(CC(=O)Cn1cnnn1)[C@H]1C(=O)N2C(C(=O)O)=C(S[C@@H]3CN[C@H](C(=O)N4CCCC45CCCCC5)C3)C(C)[C@H]12. The van der Waals surface area contributed by atoms with Gasteiger partial charge in [-0.25, -0.2) is 9.48 Å². The summed E-state index contributed by atoms with van der Waals surface area (Å²) in [7, 11) is 0. The molecule has 1 aromatic heterocycles. The summed E-state index contributed by atoms with van der Waals surface area (Å²) in [6.45, 7) is 5.35. The van der Waals surface area contributed by atoms with Crippen LogP contribution in [0.25, 0.3) is 0 Å². The van der Waals surface area contributed by atoms with Crippen LogP contribution in [-0.4, -0.2) is 94.6 Å². The van der Waals surface area contributed by atoms with E-state index in [1.54, 1.807) is 0 Å². The summed E-state index contributed by atoms with van der Waals surface area (Å²) < 4.78 is 1.35. The molecule has 4 fully saturated rings. The van der Waals surface area contributed by atoms with E-state index in [1.165, 1.54) is 46.9 Å². The Balaban J connectivity index is 1.10. The van der Waals surface area contributed by atoms with Crippen molar-refractivity contribution < 1.29 is 24.3 Å². The first-order valence-electron chi connectivity index (χ1n) is 14.9. The van der Waals surface area contributed by atoms with Crippen molar-refractivity contribution in [3.8, 4) is 0 Å². The van der Waals surface area contributed by atoms with Gasteiger partial charge in [0.25, 0.3) is 0 Å². The number of carboxylic acid groups (broad SMARTS) is 1. The first-order chi connectivity index (χ1) is 19.7. The van der Waals surface area contributed by atoms with Crippen LogP contribution in [0.3, 0.4) is 0 Å². The maximum Gasteiger partial charge on any atom is 0.353 e. The third-order valence-electron chi connectivity index (χ3n) is 10.0. The number of aliphatic carboxylic acids is 1. The van der Waals surface area contributed by atoms with Gasteiger partial charge in [-0.15, -0.1) is 16.9 Å². The number of nitrogens with zero attached hydrogens (tertiary/aromatic N) is 6. The highest BCUT2D eigenvalue weighted by Crippen LogP contribution is 2.53.